The standard InChI is InChI=1S/C27H32N2O5/c1-15(2)18-12-9-13-19(16(3)4)23(18)28-22(30)14-34-27(33)24(17(5)6)29-25(31)20-10-7-8-11-21(20)26(29)32/h7-13,15-17,24H,14H2,1-6H3,(H,28,30)/t24-/m1/s1. The van der Waals surface area contributed by atoms with Crippen LogP contribution < -0.4 is 5.32 Å². The van der Waals surface area contributed by atoms with E-state index >= 15 is 0 Å². The number of esters is 1. The summed E-state index contributed by atoms with van der Waals surface area (Å²) in [6.07, 6.45) is 0. The second kappa shape index (κ2) is 10.2. The van der Waals surface area contributed by atoms with E-state index in [0.717, 1.165) is 21.7 Å². The number of rotatable bonds is 8. The second-order valence-corrected chi connectivity index (χ2v) is 9.49. The molecule has 0 radical (unpaired) electrons. The number of hydrogen-bond donors (Lipinski definition) is 1. The maximum absolute atomic E-state index is 13.0. The molecule has 0 fully saturated rings. The topological polar surface area (TPSA) is 92.8 Å². The Morgan fingerprint density at radius 2 is 1.32 bits per heavy atom. The number of benzene rings is 2. The predicted octanol–water partition coefficient (Wildman–Crippen LogP) is 4.74. The van der Waals surface area contributed by atoms with Crippen LogP contribution in [0.15, 0.2) is 42.5 Å². The molecule has 0 spiro atoms. The van der Waals surface area contributed by atoms with Crippen LogP contribution in [-0.2, 0) is 14.3 Å². The van der Waals surface area contributed by atoms with Crippen molar-refractivity contribution in [3.05, 3.63) is 64.7 Å². The highest BCUT2D eigenvalue weighted by atomic mass is 16.5. The third-order valence-electron chi connectivity index (χ3n) is 5.96. The first-order valence-electron chi connectivity index (χ1n) is 11.6. The lowest BCUT2D eigenvalue weighted by Gasteiger charge is -2.27. The zero-order valence-electron chi connectivity index (χ0n) is 20.5. The molecule has 34 heavy (non-hydrogen) atoms. The molecule has 3 amide bonds. The van der Waals surface area contributed by atoms with Crippen LogP contribution in [-0.4, -0.2) is 41.2 Å². The summed E-state index contributed by atoms with van der Waals surface area (Å²) in [7, 11) is 0. The summed E-state index contributed by atoms with van der Waals surface area (Å²) in [6.45, 7) is 11.1. The average molecular weight is 465 g/mol. The molecular formula is C27H32N2O5. The van der Waals surface area contributed by atoms with Crippen molar-refractivity contribution in [3.63, 3.8) is 0 Å². The molecule has 0 unspecified atom stereocenters. The van der Waals surface area contributed by atoms with E-state index < -0.39 is 42.3 Å². The van der Waals surface area contributed by atoms with Crippen LogP contribution in [0, 0.1) is 5.92 Å². The molecule has 2 aromatic carbocycles. The normalized spacial score (nSPS) is 14.1. The Bertz CT molecular complexity index is 1060. The Hall–Kier alpha value is -3.48. The average Bonchev–Trinajstić information content (AvgIpc) is 3.03. The van der Waals surface area contributed by atoms with Crippen LogP contribution in [0.3, 0.4) is 0 Å². The van der Waals surface area contributed by atoms with Gasteiger partial charge in [0, 0.05) is 5.69 Å². The molecule has 7 heteroatoms. The quantitative estimate of drug-likeness (QED) is 0.450. The number of imide groups is 1. The lowest BCUT2D eigenvalue weighted by Crippen LogP contribution is -2.49. The monoisotopic (exact) mass is 464 g/mol. The zero-order chi connectivity index (χ0) is 25.2. The van der Waals surface area contributed by atoms with Crippen LogP contribution in [0.25, 0.3) is 0 Å². The fraction of sp³-hybridized carbons (Fsp3) is 0.407. The van der Waals surface area contributed by atoms with Gasteiger partial charge >= 0.3 is 5.97 Å². The molecule has 0 saturated carbocycles. The molecule has 1 aliphatic rings. The fourth-order valence-corrected chi connectivity index (χ4v) is 4.23. The summed E-state index contributed by atoms with van der Waals surface area (Å²) >= 11 is 0. The van der Waals surface area contributed by atoms with Gasteiger partial charge in [-0.1, -0.05) is 71.9 Å². The molecule has 3 rings (SSSR count). The zero-order valence-corrected chi connectivity index (χ0v) is 20.5. The first kappa shape index (κ1) is 25.1. The Morgan fingerprint density at radius 1 is 0.824 bits per heavy atom. The number of nitrogens with one attached hydrogen (secondary N) is 1. The van der Waals surface area contributed by atoms with Crippen molar-refractivity contribution in [2.24, 2.45) is 5.92 Å². The Balaban J connectivity index is 1.75. The molecule has 1 atom stereocenters. The first-order chi connectivity index (χ1) is 16.0. The number of para-hydroxylation sites is 1. The molecule has 0 saturated heterocycles. The number of carbonyl (C=O) groups excluding carboxylic acids is 4. The minimum atomic E-state index is -1.13. The third-order valence-corrected chi connectivity index (χ3v) is 5.96. The van der Waals surface area contributed by atoms with Gasteiger partial charge in [0.15, 0.2) is 6.61 Å². The summed E-state index contributed by atoms with van der Waals surface area (Å²) in [6, 6.07) is 11.2. The Kier molecular flexibility index (Phi) is 7.54. The highest BCUT2D eigenvalue weighted by molar-refractivity contribution is 6.22. The smallest absolute Gasteiger partial charge is 0.330 e. The van der Waals surface area contributed by atoms with Crippen molar-refractivity contribution in [1.29, 1.82) is 0 Å². The van der Waals surface area contributed by atoms with Crippen LogP contribution in [0.4, 0.5) is 5.69 Å². The first-order valence-corrected chi connectivity index (χ1v) is 11.6. The van der Waals surface area contributed by atoms with Crippen molar-refractivity contribution in [2.45, 2.75) is 59.4 Å². The number of fused-ring (bicyclic) bond motifs is 1. The molecule has 7 nitrogen and oxygen atoms in total. The van der Waals surface area contributed by atoms with Crippen molar-refractivity contribution < 1.29 is 23.9 Å². The van der Waals surface area contributed by atoms with Gasteiger partial charge in [-0.15, -0.1) is 0 Å². The molecule has 1 heterocycles. The SMILES string of the molecule is CC(C)c1cccc(C(C)C)c1NC(=O)COC(=O)[C@@H](C(C)C)N1C(=O)c2ccccc2C1=O. The molecular weight excluding hydrogens is 432 g/mol. The molecule has 0 aromatic heterocycles. The molecule has 0 aliphatic carbocycles. The van der Waals surface area contributed by atoms with Gasteiger partial charge in [0.2, 0.25) is 0 Å². The summed E-state index contributed by atoms with van der Waals surface area (Å²) in [5.41, 5.74) is 3.24. The van der Waals surface area contributed by atoms with Crippen molar-refractivity contribution in [2.75, 3.05) is 11.9 Å². The Morgan fingerprint density at radius 3 is 1.76 bits per heavy atom. The van der Waals surface area contributed by atoms with Gasteiger partial charge in [-0.05, 0) is 41.0 Å². The van der Waals surface area contributed by atoms with Crippen molar-refractivity contribution in [1.82, 2.24) is 4.90 Å². The van der Waals surface area contributed by atoms with Gasteiger partial charge in [0.1, 0.15) is 6.04 Å². The summed E-state index contributed by atoms with van der Waals surface area (Å²) in [5.74, 6) is -2.35. The Labute approximate surface area is 200 Å². The maximum Gasteiger partial charge on any atom is 0.330 e. The molecule has 1 aliphatic heterocycles. The lowest BCUT2D eigenvalue weighted by molar-refractivity contribution is -0.152. The van der Waals surface area contributed by atoms with Crippen LogP contribution in [0.1, 0.15) is 85.2 Å². The number of hydrogen-bond acceptors (Lipinski definition) is 5. The number of amides is 3. The van der Waals surface area contributed by atoms with E-state index in [-0.39, 0.29) is 23.0 Å². The summed E-state index contributed by atoms with van der Waals surface area (Å²) < 4.78 is 5.31. The van der Waals surface area contributed by atoms with E-state index in [2.05, 4.69) is 5.32 Å². The van der Waals surface area contributed by atoms with Gasteiger partial charge in [0.05, 0.1) is 11.1 Å². The third kappa shape index (κ3) is 4.88. The molecule has 2 aromatic rings. The predicted molar refractivity (Wildman–Crippen MR) is 130 cm³/mol. The highest BCUT2D eigenvalue weighted by Gasteiger charge is 2.44. The van der Waals surface area contributed by atoms with Crippen molar-refractivity contribution in [3.8, 4) is 0 Å². The van der Waals surface area contributed by atoms with Crippen LogP contribution >= 0.6 is 0 Å². The minimum absolute atomic E-state index is 0.190. The van der Waals surface area contributed by atoms with E-state index in [4.69, 9.17) is 4.74 Å². The van der Waals surface area contributed by atoms with Gasteiger partial charge in [0.25, 0.3) is 17.7 Å². The van der Waals surface area contributed by atoms with Crippen molar-refractivity contribution >= 4 is 29.4 Å². The largest absolute Gasteiger partial charge is 0.454 e. The molecule has 1 N–H and O–H groups in total. The van der Waals surface area contributed by atoms with E-state index in [1.165, 1.54) is 0 Å². The van der Waals surface area contributed by atoms with Gasteiger partial charge in [-0.3, -0.25) is 19.3 Å². The lowest BCUT2D eigenvalue weighted by atomic mass is 9.92. The molecule has 180 valence electrons. The maximum atomic E-state index is 13.0. The highest BCUT2D eigenvalue weighted by Crippen LogP contribution is 2.32. The number of ether oxygens (including phenoxy) is 1. The van der Waals surface area contributed by atoms with E-state index in [1.54, 1.807) is 38.1 Å². The molecule has 0 bridgehead atoms. The van der Waals surface area contributed by atoms with Gasteiger partial charge < -0.3 is 10.1 Å². The summed E-state index contributed by atoms with van der Waals surface area (Å²) in [4.78, 5) is 52.4. The number of carbonyl (C=O) groups is 4. The second-order valence-electron chi connectivity index (χ2n) is 9.49. The van der Waals surface area contributed by atoms with E-state index in [0.29, 0.717) is 0 Å². The number of nitrogens with zero attached hydrogens (tertiary/aromatic N) is 1. The van der Waals surface area contributed by atoms with E-state index in [9.17, 15) is 19.2 Å². The minimum Gasteiger partial charge on any atom is -0.454 e. The van der Waals surface area contributed by atoms with E-state index in [1.807, 2.05) is 45.9 Å². The van der Waals surface area contributed by atoms with Crippen LogP contribution in [0.2, 0.25) is 0 Å². The van der Waals surface area contributed by atoms with Gasteiger partial charge in [-0.2, -0.15) is 0 Å². The number of anilines is 1. The summed E-state index contributed by atoms with van der Waals surface area (Å²) in [5, 5.41) is 2.90. The fourth-order valence-electron chi connectivity index (χ4n) is 4.23. The van der Waals surface area contributed by atoms with Gasteiger partial charge in [-0.25, -0.2) is 4.79 Å². The van der Waals surface area contributed by atoms with Crippen LogP contribution in [0.5, 0.6) is 0 Å².